The van der Waals surface area contributed by atoms with E-state index in [0.717, 1.165) is 14.9 Å². The molecule has 1 aliphatic heterocycles. The number of hydrogen-bond donors (Lipinski definition) is 1. The molecule has 1 saturated heterocycles. The van der Waals surface area contributed by atoms with E-state index in [0.29, 0.717) is 12.4 Å². The molecule has 0 bridgehead atoms. The third kappa shape index (κ3) is 4.08. The lowest BCUT2D eigenvalue weighted by Crippen LogP contribution is -2.35. The maximum Gasteiger partial charge on any atom is 0.325 e. The van der Waals surface area contributed by atoms with Gasteiger partial charge in [-0.2, -0.15) is 0 Å². The number of benzene rings is 1. The number of carbonyl (C=O) groups excluding carboxylic acids is 2. The Morgan fingerprint density at radius 2 is 2.22 bits per heavy atom. The molecule has 0 unspecified atom stereocenters. The number of ether oxygens (including phenoxy) is 2. The first-order valence-electron chi connectivity index (χ1n) is 6.80. The summed E-state index contributed by atoms with van der Waals surface area (Å²) >= 11 is 8.48. The Bertz CT molecular complexity index is 690. The lowest BCUT2D eigenvalue weighted by molar-refractivity contribution is -0.143. The number of esters is 1. The van der Waals surface area contributed by atoms with Gasteiger partial charge in [0.2, 0.25) is 0 Å². The normalized spacial score (nSPS) is 15.8. The van der Waals surface area contributed by atoms with Crippen molar-refractivity contribution in [1.29, 1.82) is 0 Å². The van der Waals surface area contributed by atoms with Crippen molar-refractivity contribution in [2.45, 2.75) is 6.92 Å². The van der Waals surface area contributed by atoms with Gasteiger partial charge in [-0.15, -0.1) is 0 Å². The first kappa shape index (κ1) is 17.4. The third-order valence-electron chi connectivity index (χ3n) is 3.05. The van der Waals surface area contributed by atoms with Crippen LogP contribution in [0.3, 0.4) is 0 Å². The zero-order valence-corrected chi connectivity index (χ0v) is 15.0. The first-order chi connectivity index (χ1) is 11.0. The van der Waals surface area contributed by atoms with Gasteiger partial charge in [0.25, 0.3) is 5.91 Å². The Hall–Kier alpha value is -1.93. The molecule has 0 saturated carbocycles. The molecule has 0 radical (unpaired) electrons. The van der Waals surface area contributed by atoms with Crippen LogP contribution in [0.25, 0.3) is 6.08 Å². The largest absolute Gasteiger partial charge is 0.493 e. The molecule has 6 nitrogen and oxygen atoms in total. The lowest BCUT2D eigenvalue weighted by Gasteiger charge is -2.11. The van der Waals surface area contributed by atoms with Gasteiger partial charge < -0.3 is 14.8 Å². The van der Waals surface area contributed by atoms with Gasteiger partial charge in [-0.3, -0.25) is 14.5 Å². The number of nitrogens with one attached hydrogen (secondary N) is 1. The Morgan fingerprint density at radius 1 is 1.48 bits per heavy atom. The van der Waals surface area contributed by atoms with Crippen molar-refractivity contribution in [3.8, 4) is 5.75 Å². The molecule has 0 spiro atoms. The van der Waals surface area contributed by atoms with Crippen molar-refractivity contribution >= 4 is 51.2 Å². The summed E-state index contributed by atoms with van der Waals surface area (Å²) in [5.74, 6) is -0.279. The number of halogens is 1. The third-order valence-corrected chi connectivity index (χ3v) is 3.86. The van der Waals surface area contributed by atoms with Crippen LogP contribution in [-0.2, 0) is 14.3 Å². The molecule has 23 heavy (non-hydrogen) atoms. The summed E-state index contributed by atoms with van der Waals surface area (Å²) in [6, 6.07) is 5.49. The van der Waals surface area contributed by atoms with Crippen LogP contribution in [0.15, 0.2) is 28.4 Å². The fourth-order valence-electron chi connectivity index (χ4n) is 1.98. The molecule has 1 aromatic carbocycles. The second-order valence-electron chi connectivity index (χ2n) is 4.57. The van der Waals surface area contributed by atoms with E-state index in [1.165, 1.54) is 7.11 Å². The highest BCUT2D eigenvalue weighted by Crippen LogP contribution is 2.26. The Balaban J connectivity index is 2.30. The highest BCUT2D eigenvalue weighted by atomic mass is 79.9. The van der Waals surface area contributed by atoms with E-state index in [2.05, 4.69) is 26.0 Å². The molecule has 0 atom stereocenters. The number of hydrogen-bond acceptors (Lipinski definition) is 5. The maximum absolute atomic E-state index is 12.4. The minimum atomic E-state index is -0.541. The minimum absolute atomic E-state index is 0.166. The average molecular weight is 399 g/mol. The van der Waals surface area contributed by atoms with E-state index in [9.17, 15) is 9.59 Å². The van der Waals surface area contributed by atoms with E-state index in [1.807, 2.05) is 25.1 Å². The number of methoxy groups -OCH3 is 1. The zero-order valence-electron chi connectivity index (χ0n) is 12.6. The predicted octanol–water partition coefficient (Wildman–Crippen LogP) is 2.08. The van der Waals surface area contributed by atoms with Gasteiger partial charge in [0.15, 0.2) is 5.11 Å². The summed E-state index contributed by atoms with van der Waals surface area (Å²) in [7, 11) is 1.26. The molecule has 1 fully saturated rings. The highest BCUT2D eigenvalue weighted by Gasteiger charge is 2.32. The molecule has 2 rings (SSSR count). The Kier molecular flexibility index (Phi) is 5.73. The molecule has 122 valence electrons. The summed E-state index contributed by atoms with van der Waals surface area (Å²) in [6.45, 7) is 2.16. The van der Waals surface area contributed by atoms with Crippen molar-refractivity contribution in [2.24, 2.45) is 0 Å². The Morgan fingerprint density at radius 3 is 2.87 bits per heavy atom. The molecule has 1 N–H and O–H groups in total. The first-order valence-corrected chi connectivity index (χ1v) is 8.00. The molecule has 0 aliphatic carbocycles. The summed E-state index contributed by atoms with van der Waals surface area (Å²) in [5.41, 5.74) is 0.998. The minimum Gasteiger partial charge on any atom is -0.493 e. The van der Waals surface area contributed by atoms with Crippen LogP contribution in [-0.4, -0.2) is 42.2 Å². The van der Waals surface area contributed by atoms with Crippen LogP contribution in [0.5, 0.6) is 5.75 Å². The maximum atomic E-state index is 12.4. The summed E-state index contributed by atoms with van der Waals surface area (Å²) in [6.07, 6.45) is 1.64. The van der Waals surface area contributed by atoms with Crippen molar-refractivity contribution < 1.29 is 19.1 Å². The van der Waals surface area contributed by atoms with Crippen LogP contribution in [0.1, 0.15) is 12.5 Å². The van der Waals surface area contributed by atoms with Gasteiger partial charge in [-0.1, -0.05) is 15.9 Å². The fraction of sp³-hybridized carbons (Fsp3) is 0.267. The molecule has 1 heterocycles. The van der Waals surface area contributed by atoms with Gasteiger partial charge in [0.1, 0.15) is 18.0 Å². The number of nitrogens with zero attached hydrogens (tertiary/aromatic N) is 1. The van der Waals surface area contributed by atoms with E-state index in [-0.39, 0.29) is 23.3 Å². The standard InChI is InChI=1S/C15H15BrN2O4S/c1-3-22-12-5-4-10(16)6-9(12)7-11-14(20)18(15(23)17-11)8-13(19)21-2/h4-7H,3,8H2,1-2H3,(H,17,23)/b11-7-. The van der Waals surface area contributed by atoms with Crippen molar-refractivity contribution in [3.05, 3.63) is 33.9 Å². The van der Waals surface area contributed by atoms with Crippen LogP contribution in [0.4, 0.5) is 0 Å². The smallest absolute Gasteiger partial charge is 0.325 e. The number of thiocarbonyl (C=S) groups is 1. The van der Waals surface area contributed by atoms with Gasteiger partial charge in [-0.25, -0.2) is 0 Å². The second-order valence-corrected chi connectivity index (χ2v) is 5.87. The van der Waals surface area contributed by atoms with Gasteiger partial charge in [0.05, 0.1) is 13.7 Å². The van der Waals surface area contributed by atoms with Crippen LogP contribution in [0, 0.1) is 0 Å². The number of rotatable bonds is 5. The van der Waals surface area contributed by atoms with Crippen molar-refractivity contribution in [1.82, 2.24) is 10.2 Å². The molecule has 1 aliphatic rings. The fourth-order valence-corrected chi connectivity index (χ4v) is 2.62. The van der Waals surface area contributed by atoms with Crippen LogP contribution >= 0.6 is 28.1 Å². The highest BCUT2D eigenvalue weighted by molar-refractivity contribution is 9.10. The van der Waals surface area contributed by atoms with E-state index in [1.54, 1.807) is 6.08 Å². The Labute approximate surface area is 147 Å². The van der Waals surface area contributed by atoms with E-state index < -0.39 is 5.97 Å². The summed E-state index contributed by atoms with van der Waals surface area (Å²) in [5, 5.41) is 2.98. The van der Waals surface area contributed by atoms with E-state index >= 15 is 0 Å². The lowest BCUT2D eigenvalue weighted by atomic mass is 10.1. The molecule has 8 heteroatoms. The topological polar surface area (TPSA) is 67.9 Å². The van der Waals surface area contributed by atoms with Gasteiger partial charge in [0, 0.05) is 10.0 Å². The van der Waals surface area contributed by atoms with Crippen molar-refractivity contribution in [3.63, 3.8) is 0 Å². The van der Waals surface area contributed by atoms with Crippen LogP contribution in [0.2, 0.25) is 0 Å². The SMILES string of the molecule is CCOc1ccc(Br)cc1/C=C1\NC(=S)N(CC(=O)OC)C1=O. The van der Waals surface area contributed by atoms with Gasteiger partial charge in [-0.05, 0) is 43.4 Å². The molecule has 0 aromatic heterocycles. The monoisotopic (exact) mass is 398 g/mol. The number of amides is 1. The second kappa shape index (κ2) is 7.56. The molecular weight excluding hydrogens is 384 g/mol. The number of carbonyl (C=O) groups is 2. The quantitative estimate of drug-likeness (QED) is 0.465. The molecule has 1 amide bonds. The molecule has 1 aromatic rings. The van der Waals surface area contributed by atoms with Crippen LogP contribution < -0.4 is 10.1 Å². The summed E-state index contributed by atoms with van der Waals surface area (Å²) in [4.78, 5) is 24.9. The summed E-state index contributed by atoms with van der Waals surface area (Å²) < 4.78 is 11.0. The van der Waals surface area contributed by atoms with Gasteiger partial charge >= 0.3 is 5.97 Å². The predicted molar refractivity (Wildman–Crippen MR) is 92.8 cm³/mol. The zero-order chi connectivity index (χ0) is 17.0. The average Bonchev–Trinajstić information content (AvgIpc) is 2.77. The molecular formula is C15H15BrN2O4S. The van der Waals surface area contributed by atoms with Crippen molar-refractivity contribution in [2.75, 3.05) is 20.3 Å². The van der Waals surface area contributed by atoms with E-state index in [4.69, 9.17) is 17.0 Å².